The molecule has 0 N–H and O–H groups in total. The monoisotopic (exact) mass is 171 g/mol. The van der Waals surface area contributed by atoms with Crippen LogP contribution in [0.2, 0.25) is 0 Å². The van der Waals surface area contributed by atoms with E-state index >= 15 is 0 Å². The van der Waals surface area contributed by atoms with E-state index in [1.54, 1.807) is 0 Å². The summed E-state index contributed by atoms with van der Waals surface area (Å²) in [4.78, 5) is 2.64. The lowest BCUT2D eigenvalue weighted by molar-refractivity contribution is 0.314. The maximum absolute atomic E-state index is 2.64. The second kappa shape index (κ2) is 2.67. The normalized spacial score (nSPS) is 31.1. The van der Waals surface area contributed by atoms with E-state index < -0.39 is 0 Å². The zero-order chi connectivity index (χ0) is 7.90. The van der Waals surface area contributed by atoms with Crippen LogP contribution in [0.25, 0.3) is 0 Å². The molecule has 2 aliphatic rings. The summed E-state index contributed by atoms with van der Waals surface area (Å²) < 4.78 is 0. The molecular weight excluding hydrogens is 154 g/mol. The minimum Gasteiger partial charge on any atom is -0.291 e. The molecule has 0 aromatic carbocycles. The lowest BCUT2D eigenvalue weighted by Gasteiger charge is -2.22. The maximum Gasteiger partial charge on any atom is 0.0526 e. The lowest BCUT2D eigenvalue weighted by atomic mass is 10.1. The lowest BCUT2D eigenvalue weighted by Crippen LogP contribution is -2.28. The molecule has 2 rings (SSSR count). The van der Waals surface area contributed by atoms with Crippen molar-refractivity contribution < 1.29 is 0 Å². The number of hydrogen-bond donors (Lipinski definition) is 0. The van der Waals surface area contributed by atoms with E-state index in [-0.39, 0.29) is 0 Å². The molecular formula is C9H17NS. The minimum atomic E-state index is 0.745. The highest BCUT2D eigenvalue weighted by Crippen LogP contribution is 2.53. The molecule has 1 nitrogen and oxygen atoms in total. The fraction of sp³-hybridized carbons (Fsp3) is 1.00. The molecule has 64 valence electrons. The predicted octanol–water partition coefficient (Wildman–Crippen LogP) is 2.18. The van der Waals surface area contributed by atoms with Gasteiger partial charge in [0.25, 0.3) is 0 Å². The summed E-state index contributed by atoms with van der Waals surface area (Å²) in [6, 6.07) is 0. The molecule has 1 spiro atoms. The van der Waals surface area contributed by atoms with E-state index in [1.807, 2.05) is 11.8 Å². The van der Waals surface area contributed by atoms with Crippen LogP contribution >= 0.6 is 11.8 Å². The van der Waals surface area contributed by atoms with Gasteiger partial charge in [-0.05, 0) is 44.4 Å². The van der Waals surface area contributed by atoms with Gasteiger partial charge in [-0.3, -0.25) is 4.90 Å². The molecule has 0 bridgehead atoms. The first-order chi connectivity index (χ1) is 5.26. The van der Waals surface area contributed by atoms with Crippen molar-refractivity contribution in [3.05, 3.63) is 0 Å². The Morgan fingerprint density at radius 3 is 2.55 bits per heavy atom. The van der Waals surface area contributed by atoms with E-state index in [0.717, 1.165) is 10.8 Å². The second-order valence-electron chi connectivity index (χ2n) is 4.06. The van der Waals surface area contributed by atoms with Gasteiger partial charge in [0.2, 0.25) is 0 Å². The van der Waals surface area contributed by atoms with Crippen LogP contribution in [0.1, 0.15) is 26.2 Å². The summed E-state index contributed by atoms with van der Waals surface area (Å²) in [6.45, 7) is 5.06. The Morgan fingerprint density at radius 1 is 1.36 bits per heavy atom. The molecule has 1 aliphatic heterocycles. The first-order valence-electron chi connectivity index (χ1n) is 4.53. The van der Waals surface area contributed by atoms with Crippen LogP contribution in [-0.4, -0.2) is 29.6 Å². The highest BCUT2D eigenvalue weighted by Gasteiger charge is 2.48. The quantitative estimate of drug-likeness (QED) is 0.626. The first kappa shape index (κ1) is 7.93. The first-order valence-corrected chi connectivity index (χ1v) is 5.81. The van der Waals surface area contributed by atoms with Gasteiger partial charge in [-0.25, -0.2) is 0 Å². The third kappa shape index (κ3) is 1.43. The maximum atomic E-state index is 2.64. The van der Waals surface area contributed by atoms with Crippen LogP contribution in [0, 0.1) is 5.41 Å². The van der Waals surface area contributed by atoms with Crippen molar-refractivity contribution in [2.24, 2.45) is 5.41 Å². The van der Waals surface area contributed by atoms with Crippen molar-refractivity contribution in [1.82, 2.24) is 4.90 Å². The van der Waals surface area contributed by atoms with Crippen LogP contribution in [0.4, 0.5) is 0 Å². The number of likely N-dealkylation sites (tertiary alicyclic amines) is 1. The third-order valence-corrected chi connectivity index (χ3v) is 4.26. The van der Waals surface area contributed by atoms with Gasteiger partial charge in [-0.2, -0.15) is 0 Å². The fourth-order valence-electron chi connectivity index (χ4n) is 2.01. The van der Waals surface area contributed by atoms with Gasteiger partial charge in [-0.1, -0.05) is 0 Å². The van der Waals surface area contributed by atoms with Gasteiger partial charge < -0.3 is 0 Å². The summed E-state index contributed by atoms with van der Waals surface area (Å²) in [6.07, 6.45) is 6.69. The van der Waals surface area contributed by atoms with Crippen molar-refractivity contribution in [2.45, 2.75) is 31.6 Å². The Labute approximate surface area is 73.5 Å². The van der Waals surface area contributed by atoms with Crippen LogP contribution in [0.5, 0.6) is 0 Å². The van der Waals surface area contributed by atoms with Crippen molar-refractivity contribution in [3.8, 4) is 0 Å². The number of rotatable bonds is 2. The molecule has 1 atom stereocenters. The van der Waals surface area contributed by atoms with E-state index in [4.69, 9.17) is 0 Å². The number of thioether (sulfide) groups is 1. The number of hydrogen-bond acceptors (Lipinski definition) is 2. The van der Waals surface area contributed by atoms with Crippen molar-refractivity contribution in [2.75, 3.05) is 19.3 Å². The zero-order valence-corrected chi connectivity index (χ0v) is 8.28. The van der Waals surface area contributed by atoms with E-state index in [9.17, 15) is 0 Å². The summed E-state index contributed by atoms with van der Waals surface area (Å²) in [5.41, 5.74) is 0.810. The van der Waals surface area contributed by atoms with Gasteiger partial charge in [0.1, 0.15) is 0 Å². The predicted molar refractivity (Wildman–Crippen MR) is 50.8 cm³/mol. The molecule has 11 heavy (non-hydrogen) atoms. The molecule has 1 saturated carbocycles. The Kier molecular flexibility index (Phi) is 1.92. The zero-order valence-electron chi connectivity index (χ0n) is 7.47. The third-order valence-electron chi connectivity index (χ3n) is 3.28. The molecule has 0 aromatic rings. The van der Waals surface area contributed by atoms with Crippen molar-refractivity contribution in [1.29, 1.82) is 0 Å². The van der Waals surface area contributed by atoms with Gasteiger partial charge in [0, 0.05) is 6.54 Å². The molecule has 2 fully saturated rings. The molecule has 1 saturated heterocycles. The molecule has 0 unspecified atom stereocenters. The molecule has 0 amide bonds. The topological polar surface area (TPSA) is 3.24 Å². The SMILES string of the molecule is CS[C@H](C)N1CCC2(CC2)C1. The molecule has 1 aliphatic carbocycles. The van der Waals surface area contributed by atoms with Gasteiger partial charge >= 0.3 is 0 Å². The molecule has 1 heterocycles. The summed E-state index contributed by atoms with van der Waals surface area (Å²) in [5.74, 6) is 0. The Morgan fingerprint density at radius 2 is 2.09 bits per heavy atom. The fourth-order valence-corrected chi connectivity index (χ4v) is 2.49. The van der Waals surface area contributed by atoms with Gasteiger partial charge in [0.15, 0.2) is 0 Å². The Balaban J connectivity index is 1.88. The van der Waals surface area contributed by atoms with Crippen LogP contribution in [0.3, 0.4) is 0 Å². The molecule has 2 heteroatoms. The van der Waals surface area contributed by atoms with Crippen LogP contribution < -0.4 is 0 Å². The van der Waals surface area contributed by atoms with Crippen LogP contribution in [0.15, 0.2) is 0 Å². The average Bonchev–Trinajstić information content (AvgIpc) is 2.61. The highest BCUT2D eigenvalue weighted by molar-refractivity contribution is 7.99. The average molecular weight is 171 g/mol. The number of nitrogens with zero attached hydrogens (tertiary/aromatic N) is 1. The largest absolute Gasteiger partial charge is 0.291 e. The highest BCUT2D eigenvalue weighted by atomic mass is 32.2. The Bertz CT molecular complexity index is 154. The van der Waals surface area contributed by atoms with Crippen molar-refractivity contribution in [3.63, 3.8) is 0 Å². The van der Waals surface area contributed by atoms with Crippen molar-refractivity contribution >= 4 is 11.8 Å². The molecule has 0 aromatic heterocycles. The smallest absolute Gasteiger partial charge is 0.0526 e. The van der Waals surface area contributed by atoms with E-state index in [0.29, 0.717) is 0 Å². The van der Waals surface area contributed by atoms with E-state index in [2.05, 4.69) is 18.1 Å². The summed E-state index contributed by atoms with van der Waals surface area (Å²) >= 11 is 1.98. The van der Waals surface area contributed by atoms with Crippen LogP contribution in [-0.2, 0) is 0 Å². The second-order valence-corrected chi connectivity index (χ2v) is 5.21. The summed E-state index contributed by atoms with van der Waals surface area (Å²) in [5, 5.41) is 0.745. The Hall–Kier alpha value is 0.310. The standard InChI is InChI=1S/C9H17NS/c1-8(11-2)10-6-5-9(7-10)3-4-9/h8H,3-7H2,1-2H3/t8-/m1/s1. The summed E-state index contributed by atoms with van der Waals surface area (Å²) in [7, 11) is 0. The molecule has 0 radical (unpaired) electrons. The van der Waals surface area contributed by atoms with Gasteiger partial charge in [0.05, 0.1) is 5.37 Å². The minimum absolute atomic E-state index is 0.745. The van der Waals surface area contributed by atoms with Gasteiger partial charge in [-0.15, -0.1) is 11.8 Å². The van der Waals surface area contributed by atoms with E-state index in [1.165, 1.54) is 32.4 Å².